The first-order chi connectivity index (χ1) is 11.3. The van der Waals surface area contributed by atoms with Crippen molar-refractivity contribution < 1.29 is 29.0 Å². The van der Waals surface area contributed by atoms with Crippen LogP contribution in [0.5, 0.6) is 0 Å². The maximum atomic E-state index is 12.1. The van der Waals surface area contributed by atoms with Gasteiger partial charge in [-0.1, -0.05) is 0 Å². The second-order valence-corrected chi connectivity index (χ2v) is 5.20. The molecule has 10 nitrogen and oxygen atoms in total. The van der Waals surface area contributed by atoms with Gasteiger partial charge in [-0.2, -0.15) is 0 Å². The van der Waals surface area contributed by atoms with Crippen molar-refractivity contribution in [2.75, 3.05) is 0 Å². The van der Waals surface area contributed by atoms with Gasteiger partial charge in [0.2, 0.25) is 7.85 Å². The van der Waals surface area contributed by atoms with Crippen LogP contribution in [0.4, 0.5) is 4.79 Å². The molecule has 1 unspecified atom stereocenters. The van der Waals surface area contributed by atoms with Gasteiger partial charge in [0.05, 0.1) is 12.0 Å². The minimum absolute atomic E-state index is 0.0428. The Balaban J connectivity index is 2.08. The zero-order chi connectivity index (χ0) is 17.9. The molecule has 2 heterocycles. The number of imidazole rings is 1. The van der Waals surface area contributed by atoms with E-state index in [1.54, 1.807) is 0 Å². The van der Waals surface area contributed by atoms with E-state index in [2.05, 4.69) is 10.3 Å². The highest BCUT2D eigenvalue weighted by Crippen LogP contribution is 2.13. The summed E-state index contributed by atoms with van der Waals surface area (Å²) in [5.41, 5.74) is 0.366. The average molecular weight is 332 g/mol. The van der Waals surface area contributed by atoms with Gasteiger partial charge in [-0.05, 0) is 6.82 Å². The molecule has 1 aromatic rings. The Bertz CT molecular complexity index is 660. The fraction of sp³-hybridized carbons (Fsp3) is 0.417. The van der Waals surface area contributed by atoms with Crippen LogP contribution in [0, 0.1) is 0 Å². The summed E-state index contributed by atoms with van der Waals surface area (Å²) in [5.74, 6) is -3.27. The maximum Gasteiger partial charge on any atom is 0.414 e. The van der Waals surface area contributed by atoms with Gasteiger partial charge < -0.3 is 19.7 Å². The standard InChI is InChI=1S/C12H14B2N4O6/c1-14(23)17-5-7(15-6-17)4-8(16-12(13)22)11(21)24-18-9(19)2-3-10(18)20/h5-6,8,23H,2-4H2,1H3,(H,16,22). The van der Waals surface area contributed by atoms with Crippen LogP contribution in [0.2, 0.25) is 6.82 Å². The molecule has 12 heteroatoms. The number of carbonyl (C=O) groups excluding carboxylic acids is 4. The van der Waals surface area contributed by atoms with Crippen molar-refractivity contribution in [2.24, 2.45) is 0 Å². The molecule has 1 aliphatic rings. The zero-order valence-electron chi connectivity index (χ0n) is 12.8. The SMILES string of the molecule is [B]C(=O)NC(Cc1cn(B(C)O)cn1)C(=O)ON1C(=O)CCC1=O. The fourth-order valence-electron chi connectivity index (χ4n) is 2.07. The predicted molar refractivity (Wildman–Crippen MR) is 80.4 cm³/mol. The van der Waals surface area contributed by atoms with Crippen LogP contribution in [-0.4, -0.2) is 64.1 Å². The first-order valence-electron chi connectivity index (χ1n) is 7.12. The molecular weight excluding hydrogens is 318 g/mol. The van der Waals surface area contributed by atoms with Gasteiger partial charge in [0, 0.05) is 25.5 Å². The summed E-state index contributed by atoms with van der Waals surface area (Å²) < 4.78 is 1.38. The minimum atomic E-state index is -1.25. The van der Waals surface area contributed by atoms with Gasteiger partial charge in [0.1, 0.15) is 6.04 Å². The summed E-state index contributed by atoms with van der Waals surface area (Å²) in [6.45, 7) is 1.52. The quantitative estimate of drug-likeness (QED) is 0.466. The van der Waals surface area contributed by atoms with E-state index < -0.39 is 36.7 Å². The number of hydrogen-bond acceptors (Lipinski definition) is 7. The molecule has 0 aromatic carbocycles. The second-order valence-electron chi connectivity index (χ2n) is 5.20. The van der Waals surface area contributed by atoms with Gasteiger partial charge in [-0.3, -0.25) is 14.4 Å². The number of aromatic nitrogens is 2. The van der Waals surface area contributed by atoms with Crippen LogP contribution in [-0.2, 0) is 25.6 Å². The van der Waals surface area contributed by atoms with E-state index in [1.165, 1.54) is 23.8 Å². The van der Waals surface area contributed by atoms with Gasteiger partial charge in [0.25, 0.3) is 11.8 Å². The first-order valence-corrected chi connectivity index (χ1v) is 7.12. The molecule has 2 N–H and O–H groups in total. The highest BCUT2D eigenvalue weighted by Gasteiger charge is 2.35. The smallest absolute Gasteiger partial charge is 0.414 e. The topological polar surface area (TPSA) is 131 Å². The Labute approximate surface area is 138 Å². The fourth-order valence-corrected chi connectivity index (χ4v) is 2.07. The van der Waals surface area contributed by atoms with Gasteiger partial charge in [-0.25, -0.2) is 9.78 Å². The van der Waals surface area contributed by atoms with Crippen molar-refractivity contribution in [1.29, 1.82) is 0 Å². The lowest BCUT2D eigenvalue weighted by Gasteiger charge is -2.19. The molecule has 1 saturated heterocycles. The molecule has 1 aromatic heterocycles. The summed E-state index contributed by atoms with van der Waals surface area (Å²) in [6, 6.07) is -1.25. The number of imide groups is 1. The molecular formula is C12H14B2N4O6. The molecule has 0 aliphatic carbocycles. The Morgan fingerprint density at radius 3 is 2.58 bits per heavy atom. The Kier molecular flexibility index (Phi) is 5.39. The third-order valence-corrected chi connectivity index (χ3v) is 3.29. The van der Waals surface area contributed by atoms with E-state index in [0.717, 1.165) is 0 Å². The molecule has 1 atom stereocenters. The van der Waals surface area contributed by atoms with Gasteiger partial charge in [0.15, 0.2) is 5.81 Å². The molecule has 2 radical (unpaired) electrons. The summed E-state index contributed by atoms with van der Waals surface area (Å²) in [5, 5.41) is 12.0. The number of nitrogens with one attached hydrogen (secondary N) is 1. The summed E-state index contributed by atoms with van der Waals surface area (Å²) >= 11 is 0. The van der Waals surface area contributed by atoms with Crippen LogP contribution in [0.15, 0.2) is 12.5 Å². The summed E-state index contributed by atoms with van der Waals surface area (Å²) in [7, 11) is 4.21. The monoisotopic (exact) mass is 332 g/mol. The van der Waals surface area contributed by atoms with Crippen molar-refractivity contribution in [3.8, 4) is 0 Å². The lowest BCUT2D eigenvalue weighted by molar-refractivity contribution is -0.198. The number of amides is 3. The second kappa shape index (κ2) is 7.30. The summed E-state index contributed by atoms with van der Waals surface area (Å²) in [4.78, 5) is 54.9. The lowest BCUT2D eigenvalue weighted by atomic mass is 9.88. The van der Waals surface area contributed by atoms with Crippen molar-refractivity contribution in [3.63, 3.8) is 0 Å². The van der Waals surface area contributed by atoms with E-state index in [0.29, 0.717) is 10.8 Å². The number of rotatable bonds is 6. The molecule has 124 valence electrons. The molecule has 3 amide bonds. The Hall–Kier alpha value is -2.62. The molecule has 1 fully saturated rings. The van der Waals surface area contributed by atoms with E-state index in [1.807, 2.05) is 0 Å². The molecule has 0 bridgehead atoms. The number of nitrogens with zero attached hydrogens (tertiary/aromatic N) is 3. The highest BCUT2D eigenvalue weighted by atomic mass is 16.7. The predicted octanol–water partition coefficient (Wildman–Crippen LogP) is -1.76. The van der Waals surface area contributed by atoms with Crippen LogP contribution in [0.25, 0.3) is 0 Å². The van der Waals surface area contributed by atoms with E-state index in [9.17, 15) is 24.2 Å². The Morgan fingerprint density at radius 2 is 2.08 bits per heavy atom. The largest absolute Gasteiger partial charge is 0.432 e. The minimum Gasteiger partial charge on any atom is -0.432 e. The molecule has 0 spiro atoms. The normalized spacial score (nSPS) is 15.3. The van der Waals surface area contributed by atoms with Crippen LogP contribution >= 0.6 is 0 Å². The average Bonchev–Trinajstić information content (AvgIpc) is 3.08. The first kappa shape index (κ1) is 17.7. The zero-order valence-corrected chi connectivity index (χ0v) is 12.8. The van der Waals surface area contributed by atoms with Crippen LogP contribution in [0.3, 0.4) is 0 Å². The molecule has 1 aliphatic heterocycles. The van der Waals surface area contributed by atoms with Crippen LogP contribution in [0.1, 0.15) is 18.5 Å². The van der Waals surface area contributed by atoms with E-state index in [-0.39, 0.29) is 19.3 Å². The van der Waals surface area contributed by atoms with Crippen molar-refractivity contribution >= 4 is 38.5 Å². The third-order valence-electron chi connectivity index (χ3n) is 3.29. The number of hydroxylamine groups is 2. The van der Waals surface area contributed by atoms with Crippen molar-refractivity contribution in [3.05, 3.63) is 18.2 Å². The molecule has 0 saturated carbocycles. The van der Waals surface area contributed by atoms with Crippen molar-refractivity contribution in [1.82, 2.24) is 19.8 Å². The molecule has 2 rings (SSSR count). The maximum absolute atomic E-state index is 12.1. The highest BCUT2D eigenvalue weighted by molar-refractivity contribution is 6.57. The van der Waals surface area contributed by atoms with E-state index in [4.69, 9.17) is 12.7 Å². The Morgan fingerprint density at radius 1 is 1.46 bits per heavy atom. The van der Waals surface area contributed by atoms with E-state index >= 15 is 0 Å². The third kappa shape index (κ3) is 4.22. The van der Waals surface area contributed by atoms with Gasteiger partial charge in [-0.15, -0.1) is 5.06 Å². The molecule has 24 heavy (non-hydrogen) atoms. The van der Waals surface area contributed by atoms with Crippen molar-refractivity contribution in [2.45, 2.75) is 32.1 Å². The van der Waals surface area contributed by atoms with Crippen LogP contribution < -0.4 is 5.32 Å². The number of hydrogen-bond donors (Lipinski definition) is 2. The van der Waals surface area contributed by atoms with Gasteiger partial charge >= 0.3 is 13.0 Å². The number of carbonyl (C=O) groups is 4. The summed E-state index contributed by atoms with van der Waals surface area (Å²) in [6.07, 6.45) is 2.63. The lowest BCUT2D eigenvalue weighted by Crippen LogP contribution is -2.46.